The molecule has 36 heavy (non-hydrogen) atoms. The second-order valence-electron chi connectivity index (χ2n) is 10.5. The Labute approximate surface area is 210 Å². The van der Waals surface area contributed by atoms with Crippen LogP contribution in [-0.4, -0.2) is 73.2 Å². The highest BCUT2D eigenvalue weighted by molar-refractivity contribution is 5.81. The van der Waals surface area contributed by atoms with Crippen molar-refractivity contribution in [2.24, 2.45) is 5.92 Å². The number of benzene rings is 2. The van der Waals surface area contributed by atoms with Gasteiger partial charge in [-0.15, -0.1) is 0 Å². The van der Waals surface area contributed by atoms with E-state index in [2.05, 4.69) is 23.6 Å². The van der Waals surface area contributed by atoms with Crippen LogP contribution in [0.1, 0.15) is 38.2 Å². The molecule has 3 aliphatic rings. The summed E-state index contributed by atoms with van der Waals surface area (Å²) < 4.78 is 47.5. The number of nitrogens with zero attached hydrogens (tertiary/aromatic N) is 3. The van der Waals surface area contributed by atoms with Crippen molar-refractivity contribution in [1.29, 1.82) is 0 Å². The zero-order valence-corrected chi connectivity index (χ0v) is 20.9. The van der Waals surface area contributed by atoms with Gasteiger partial charge in [-0.25, -0.2) is 13.2 Å². The summed E-state index contributed by atoms with van der Waals surface area (Å²) in [7, 11) is 0. The minimum atomic E-state index is -0.613. The van der Waals surface area contributed by atoms with E-state index in [0.717, 1.165) is 24.6 Å². The fraction of sp³-hybridized carbons (Fsp3) is 0.536. The molecule has 1 amide bonds. The Morgan fingerprint density at radius 1 is 0.861 bits per heavy atom. The first-order chi connectivity index (χ1) is 17.3. The molecule has 2 aromatic rings. The largest absolute Gasteiger partial charge is 0.381 e. The smallest absolute Gasteiger partial charge is 0.227 e. The number of amides is 1. The van der Waals surface area contributed by atoms with Gasteiger partial charge in [-0.3, -0.25) is 9.69 Å². The Balaban J connectivity index is 1.37. The number of hydrogen-bond donors (Lipinski definition) is 0. The van der Waals surface area contributed by atoms with Crippen molar-refractivity contribution in [3.63, 3.8) is 0 Å². The van der Waals surface area contributed by atoms with E-state index in [-0.39, 0.29) is 29.7 Å². The van der Waals surface area contributed by atoms with Gasteiger partial charge in [-0.05, 0) is 62.6 Å². The molecule has 0 radical (unpaired) electrons. The molecule has 4 atom stereocenters. The molecule has 8 heteroatoms. The van der Waals surface area contributed by atoms with Crippen LogP contribution in [0.2, 0.25) is 0 Å². The Kier molecular flexibility index (Phi) is 7.26. The van der Waals surface area contributed by atoms with Gasteiger partial charge < -0.3 is 14.5 Å². The molecule has 2 aromatic carbocycles. The summed E-state index contributed by atoms with van der Waals surface area (Å²) in [5.74, 6) is -2.18. The molecular weight excluding hydrogens is 467 g/mol. The van der Waals surface area contributed by atoms with Crippen LogP contribution in [0.25, 0.3) is 0 Å². The van der Waals surface area contributed by atoms with Gasteiger partial charge in [-0.2, -0.15) is 0 Å². The van der Waals surface area contributed by atoms with Gasteiger partial charge in [0.25, 0.3) is 0 Å². The Hall–Kier alpha value is -2.58. The van der Waals surface area contributed by atoms with Crippen molar-refractivity contribution in [2.45, 2.75) is 50.7 Å². The SMILES string of the molecule is C[C@@H]1CN(C(=O)[C@H]2CN(C3CCOCC3)C[C@@H]2c2ccc(F)cc2F)C[C@H](C)N1c1ccc(F)cc1. The summed E-state index contributed by atoms with van der Waals surface area (Å²) in [6.45, 7) is 7.72. The minimum Gasteiger partial charge on any atom is -0.381 e. The normalized spacial score (nSPS) is 28.0. The first-order valence-corrected chi connectivity index (χ1v) is 12.9. The topological polar surface area (TPSA) is 36.0 Å². The predicted octanol–water partition coefficient (Wildman–Crippen LogP) is 4.42. The zero-order valence-electron chi connectivity index (χ0n) is 20.9. The maximum Gasteiger partial charge on any atom is 0.227 e. The number of halogens is 3. The van der Waals surface area contributed by atoms with Crippen LogP contribution in [0.3, 0.4) is 0 Å². The Bertz CT molecular complexity index is 1060. The lowest BCUT2D eigenvalue weighted by atomic mass is 9.87. The fourth-order valence-electron chi connectivity index (χ4n) is 6.41. The van der Waals surface area contributed by atoms with Crippen LogP contribution in [-0.2, 0) is 9.53 Å². The van der Waals surface area contributed by atoms with Crippen molar-refractivity contribution in [2.75, 3.05) is 44.3 Å². The van der Waals surface area contributed by atoms with Crippen LogP contribution in [0.5, 0.6) is 0 Å². The van der Waals surface area contributed by atoms with E-state index in [4.69, 9.17) is 4.74 Å². The van der Waals surface area contributed by atoms with Gasteiger partial charge in [0.1, 0.15) is 17.5 Å². The van der Waals surface area contributed by atoms with Gasteiger partial charge >= 0.3 is 0 Å². The van der Waals surface area contributed by atoms with Crippen molar-refractivity contribution in [1.82, 2.24) is 9.80 Å². The number of rotatable bonds is 4. The molecule has 0 saturated carbocycles. The molecule has 0 aromatic heterocycles. The van der Waals surface area contributed by atoms with E-state index < -0.39 is 17.6 Å². The Morgan fingerprint density at radius 3 is 2.14 bits per heavy atom. The monoisotopic (exact) mass is 501 g/mol. The lowest BCUT2D eigenvalue weighted by molar-refractivity contribution is -0.137. The van der Waals surface area contributed by atoms with Gasteiger partial charge in [-0.1, -0.05) is 6.07 Å². The van der Waals surface area contributed by atoms with E-state index >= 15 is 0 Å². The van der Waals surface area contributed by atoms with Crippen LogP contribution in [0.15, 0.2) is 42.5 Å². The average molecular weight is 502 g/mol. The lowest BCUT2D eigenvalue weighted by Crippen LogP contribution is -2.59. The summed E-state index contributed by atoms with van der Waals surface area (Å²) in [6, 6.07) is 10.5. The molecule has 194 valence electrons. The van der Waals surface area contributed by atoms with Crippen LogP contribution < -0.4 is 4.90 Å². The van der Waals surface area contributed by atoms with Crippen molar-refractivity contribution < 1.29 is 22.7 Å². The Morgan fingerprint density at radius 2 is 1.50 bits per heavy atom. The van der Waals surface area contributed by atoms with Gasteiger partial charge in [0, 0.05) is 75.2 Å². The van der Waals surface area contributed by atoms with E-state index in [1.807, 2.05) is 4.90 Å². The molecule has 0 bridgehead atoms. The number of piperazine rings is 1. The summed E-state index contributed by atoms with van der Waals surface area (Å²) in [4.78, 5) is 20.4. The highest BCUT2D eigenvalue weighted by Crippen LogP contribution is 2.38. The number of carbonyl (C=O) groups excluding carboxylic acids is 1. The van der Waals surface area contributed by atoms with Crippen LogP contribution in [0, 0.1) is 23.4 Å². The number of hydrogen-bond acceptors (Lipinski definition) is 4. The van der Waals surface area contributed by atoms with Crippen LogP contribution >= 0.6 is 0 Å². The maximum atomic E-state index is 14.9. The number of likely N-dealkylation sites (tertiary alicyclic amines) is 1. The van der Waals surface area contributed by atoms with Gasteiger partial charge in [0.05, 0.1) is 5.92 Å². The molecule has 5 nitrogen and oxygen atoms in total. The molecule has 0 spiro atoms. The minimum absolute atomic E-state index is 0.0238. The third kappa shape index (κ3) is 4.98. The summed E-state index contributed by atoms with van der Waals surface area (Å²) in [5.41, 5.74) is 1.34. The van der Waals surface area contributed by atoms with Crippen LogP contribution in [0.4, 0.5) is 18.9 Å². The predicted molar refractivity (Wildman–Crippen MR) is 132 cm³/mol. The molecule has 0 aliphatic carbocycles. The van der Waals surface area contributed by atoms with Crippen molar-refractivity contribution >= 4 is 11.6 Å². The molecule has 3 aliphatic heterocycles. The first kappa shape index (κ1) is 25.1. The van der Waals surface area contributed by atoms with E-state index in [9.17, 15) is 18.0 Å². The van der Waals surface area contributed by atoms with E-state index in [0.29, 0.717) is 51.0 Å². The average Bonchev–Trinajstić information content (AvgIpc) is 3.30. The molecule has 3 fully saturated rings. The zero-order chi connectivity index (χ0) is 25.4. The van der Waals surface area contributed by atoms with Gasteiger partial charge in [0.15, 0.2) is 0 Å². The maximum absolute atomic E-state index is 14.9. The summed E-state index contributed by atoms with van der Waals surface area (Å²) >= 11 is 0. The second kappa shape index (κ2) is 10.4. The van der Waals surface area contributed by atoms with Crippen molar-refractivity contribution in [3.8, 4) is 0 Å². The molecule has 0 unspecified atom stereocenters. The highest BCUT2D eigenvalue weighted by atomic mass is 19.1. The van der Waals surface area contributed by atoms with E-state index in [1.165, 1.54) is 24.3 Å². The quantitative estimate of drug-likeness (QED) is 0.622. The second-order valence-corrected chi connectivity index (χ2v) is 10.5. The molecule has 5 rings (SSSR count). The van der Waals surface area contributed by atoms with Crippen molar-refractivity contribution in [3.05, 3.63) is 65.5 Å². The standard InChI is InChI=1S/C28H34F3N3O2/c1-18-14-33(15-19(2)34(18)23-6-3-20(29)4-7-23)28(35)26-17-32(22-9-11-36-12-10-22)16-25(26)24-8-5-21(30)13-27(24)31/h3-8,13,18-19,22,25-26H,9-12,14-17H2,1-2H3/t18-,19+,25-,26+/m1/s1. The third-order valence-electron chi connectivity index (χ3n) is 8.09. The molecule has 0 N–H and O–H groups in total. The third-order valence-corrected chi connectivity index (χ3v) is 8.09. The van der Waals surface area contributed by atoms with E-state index in [1.54, 1.807) is 12.1 Å². The lowest BCUT2D eigenvalue weighted by Gasteiger charge is -2.46. The molecule has 3 heterocycles. The number of ether oxygens (including phenoxy) is 1. The first-order valence-electron chi connectivity index (χ1n) is 12.9. The number of carbonyl (C=O) groups is 1. The summed E-state index contributed by atoms with van der Waals surface area (Å²) in [6.07, 6.45) is 1.79. The molecule has 3 saturated heterocycles. The highest BCUT2D eigenvalue weighted by Gasteiger charge is 2.45. The van der Waals surface area contributed by atoms with Gasteiger partial charge in [0.2, 0.25) is 5.91 Å². The number of anilines is 1. The fourth-order valence-corrected chi connectivity index (χ4v) is 6.41. The molecular formula is C28H34F3N3O2. The summed E-state index contributed by atoms with van der Waals surface area (Å²) in [5, 5.41) is 0.